The fraction of sp³-hybridized carbons (Fsp3) is 0.500. The first-order valence-electron chi connectivity index (χ1n) is 2.92. The van der Waals surface area contributed by atoms with Crippen molar-refractivity contribution in [3.05, 3.63) is 14.5 Å². The number of thiazole rings is 1. The van der Waals surface area contributed by atoms with Crippen LogP contribution in [0.4, 0.5) is 0 Å². The van der Waals surface area contributed by atoms with Gasteiger partial charge in [0.25, 0.3) is 0 Å². The number of hydrogen-bond acceptors (Lipinski definition) is 3. The van der Waals surface area contributed by atoms with Crippen LogP contribution in [0.2, 0.25) is 0 Å². The van der Waals surface area contributed by atoms with E-state index < -0.39 is 6.10 Å². The molecule has 1 heterocycles. The second-order valence-electron chi connectivity index (χ2n) is 2.09. The first-order valence-corrected chi connectivity index (χ1v) is 4.53. The maximum atomic E-state index is 9.17. The Morgan fingerprint density at radius 3 is 2.50 bits per heavy atom. The van der Waals surface area contributed by atoms with Gasteiger partial charge >= 0.3 is 0 Å². The molecule has 0 amide bonds. The van der Waals surface area contributed by atoms with E-state index in [2.05, 4.69) is 20.9 Å². The lowest BCUT2D eigenvalue weighted by Gasteiger charge is -1.98. The summed E-state index contributed by atoms with van der Waals surface area (Å²) in [6.07, 6.45) is -0.399. The fourth-order valence-electron chi connectivity index (χ4n) is 0.762. The summed E-state index contributed by atoms with van der Waals surface area (Å²) in [5, 5.41) is 9.17. The zero-order valence-corrected chi connectivity index (χ0v) is 8.16. The summed E-state index contributed by atoms with van der Waals surface area (Å²) >= 11 is 4.73. The highest BCUT2D eigenvalue weighted by atomic mass is 79.9. The van der Waals surface area contributed by atoms with Crippen LogP contribution in [0.15, 0.2) is 3.92 Å². The number of rotatable bonds is 1. The molecule has 2 nitrogen and oxygen atoms in total. The average Bonchev–Trinajstić information content (AvgIpc) is 2.10. The molecule has 0 aliphatic heterocycles. The maximum Gasteiger partial charge on any atom is 0.159 e. The maximum absolute atomic E-state index is 9.17. The molecule has 0 aromatic carbocycles. The van der Waals surface area contributed by atoms with Crippen molar-refractivity contribution in [1.82, 2.24) is 4.98 Å². The van der Waals surface area contributed by atoms with Crippen LogP contribution in [-0.4, -0.2) is 10.1 Å². The van der Waals surface area contributed by atoms with Crippen molar-refractivity contribution in [2.45, 2.75) is 20.0 Å². The second-order valence-corrected chi connectivity index (χ2v) is 4.40. The quantitative estimate of drug-likeness (QED) is 0.790. The summed E-state index contributed by atoms with van der Waals surface area (Å²) in [4.78, 5) is 5.04. The lowest BCUT2D eigenvalue weighted by atomic mass is 10.3. The molecule has 0 saturated carbocycles. The summed E-state index contributed by atoms with van der Waals surface area (Å²) in [6, 6.07) is 0. The van der Waals surface area contributed by atoms with Gasteiger partial charge in [-0.15, -0.1) is 11.3 Å². The first-order chi connectivity index (χ1) is 4.61. The second kappa shape index (κ2) is 2.98. The van der Waals surface area contributed by atoms with Crippen molar-refractivity contribution in [2.75, 3.05) is 0 Å². The molecule has 0 aliphatic rings. The smallest absolute Gasteiger partial charge is 0.159 e. The highest BCUT2D eigenvalue weighted by Crippen LogP contribution is 2.27. The molecule has 0 aliphatic carbocycles. The standard InChI is InChI=1S/C6H8BrNOS/c1-3-5(4(2)9)10-6(7)8-3/h4,9H,1-2H3. The van der Waals surface area contributed by atoms with Gasteiger partial charge in [-0.05, 0) is 29.8 Å². The number of hydrogen-bond donors (Lipinski definition) is 1. The van der Waals surface area contributed by atoms with Crippen molar-refractivity contribution in [3.8, 4) is 0 Å². The van der Waals surface area contributed by atoms with Crippen molar-refractivity contribution in [3.63, 3.8) is 0 Å². The minimum Gasteiger partial charge on any atom is -0.388 e. The molecule has 1 rings (SSSR count). The topological polar surface area (TPSA) is 33.1 Å². The molecule has 4 heteroatoms. The Hall–Kier alpha value is 0.0700. The van der Waals surface area contributed by atoms with Crippen molar-refractivity contribution < 1.29 is 5.11 Å². The first kappa shape index (κ1) is 8.17. The Balaban J connectivity index is 3.03. The lowest BCUT2D eigenvalue weighted by Crippen LogP contribution is -1.88. The monoisotopic (exact) mass is 221 g/mol. The van der Waals surface area contributed by atoms with Crippen LogP contribution >= 0.6 is 27.3 Å². The van der Waals surface area contributed by atoms with Gasteiger partial charge < -0.3 is 5.11 Å². The molecule has 56 valence electrons. The molecule has 1 aromatic rings. The molecular weight excluding hydrogens is 214 g/mol. The van der Waals surface area contributed by atoms with Crippen molar-refractivity contribution in [1.29, 1.82) is 0 Å². The normalized spacial score (nSPS) is 13.6. The van der Waals surface area contributed by atoms with E-state index in [0.717, 1.165) is 14.5 Å². The summed E-state index contributed by atoms with van der Waals surface area (Å²) in [5.41, 5.74) is 0.909. The Bertz CT molecular complexity index is 234. The Kier molecular flexibility index (Phi) is 2.44. The lowest BCUT2D eigenvalue weighted by molar-refractivity contribution is 0.202. The minimum absolute atomic E-state index is 0.399. The fourth-order valence-corrected chi connectivity index (χ4v) is 2.28. The van der Waals surface area contributed by atoms with E-state index in [0.29, 0.717) is 0 Å². The molecule has 10 heavy (non-hydrogen) atoms. The van der Waals surface area contributed by atoms with Crippen LogP contribution in [-0.2, 0) is 0 Å². The van der Waals surface area contributed by atoms with Gasteiger partial charge in [-0.25, -0.2) is 4.98 Å². The van der Waals surface area contributed by atoms with E-state index in [-0.39, 0.29) is 0 Å². The van der Waals surface area contributed by atoms with Gasteiger partial charge in [-0.2, -0.15) is 0 Å². The number of halogens is 1. The van der Waals surface area contributed by atoms with E-state index in [1.807, 2.05) is 6.92 Å². The predicted molar refractivity (Wildman–Crippen MR) is 45.2 cm³/mol. The van der Waals surface area contributed by atoms with Crippen LogP contribution in [0.3, 0.4) is 0 Å². The van der Waals surface area contributed by atoms with Crippen molar-refractivity contribution >= 4 is 27.3 Å². The molecule has 0 spiro atoms. The van der Waals surface area contributed by atoms with Crippen LogP contribution in [0, 0.1) is 6.92 Å². The van der Waals surface area contributed by atoms with E-state index in [1.54, 1.807) is 6.92 Å². The number of aryl methyl sites for hydroxylation is 1. The van der Waals surface area contributed by atoms with Crippen LogP contribution in [0.5, 0.6) is 0 Å². The molecule has 1 N–H and O–H groups in total. The molecule has 0 bridgehead atoms. The zero-order valence-electron chi connectivity index (χ0n) is 5.76. The molecule has 1 unspecified atom stereocenters. The average molecular weight is 222 g/mol. The summed E-state index contributed by atoms with van der Waals surface area (Å²) in [6.45, 7) is 3.64. The molecule has 0 fully saturated rings. The Morgan fingerprint density at radius 2 is 2.30 bits per heavy atom. The van der Waals surface area contributed by atoms with Gasteiger partial charge in [0, 0.05) is 0 Å². The molecule has 1 atom stereocenters. The Morgan fingerprint density at radius 1 is 1.70 bits per heavy atom. The van der Waals surface area contributed by atoms with Crippen LogP contribution in [0.25, 0.3) is 0 Å². The zero-order chi connectivity index (χ0) is 7.72. The van der Waals surface area contributed by atoms with Gasteiger partial charge in [-0.1, -0.05) is 0 Å². The summed E-state index contributed by atoms with van der Waals surface area (Å²) in [7, 11) is 0. The number of nitrogens with zero attached hydrogens (tertiary/aromatic N) is 1. The van der Waals surface area contributed by atoms with Gasteiger partial charge in [0.1, 0.15) is 0 Å². The number of aromatic nitrogens is 1. The third-order valence-electron chi connectivity index (χ3n) is 1.19. The van der Waals surface area contributed by atoms with E-state index >= 15 is 0 Å². The molecular formula is C6H8BrNOS. The van der Waals surface area contributed by atoms with Gasteiger partial charge in [0.15, 0.2) is 3.92 Å². The van der Waals surface area contributed by atoms with Crippen LogP contribution < -0.4 is 0 Å². The van der Waals surface area contributed by atoms with E-state index in [4.69, 9.17) is 5.11 Å². The third kappa shape index (κ3) is 1.56. The highest BCUT2D eigenvalue weighted by Gasteiger charge is 2.09. The predicted octanol–water partition coefficient (Wildman–Crippen LogP) is 2.27. The SMILES string of the molecule is Cc1nc(Br)sc1C(C)O. The summed E-state index contributed by atoms with van der Waals surface area (Å²) < 4.78 is 0.834. The summed E-state index contributed by atoms with van der Waals surface area (Å²) in [5.74, 6) is 0. The van der Waals surface area contributed by atoms with E-state index in [1.165, 1.54) is 11.3 Å². The molecule has 0 radical (unpaired) electrons. The highest BCUT2D eigenvalue weighted by molar-refractivity contribution is 9.11. The largest absolute Gasteiger partial charge is 0.388 e. The minimum atomic E-state index is -0.399. The van der Waals surface area contributed by atoms with Gasteiger partial charge in [0.05, 0.1) is 16.7 Å². The molecule has 1 aromatic heterocycles. The third-order valence-corrected chi connectivity index (χ3v) is 2.96. The number of aliphatic hydroxyl groups is 1. The van der Waals surface area contributed by atoms with E-state index in [9.17, 15) is 0 Å². The molecule has 0 saturated heterocycles. The number of aliphatic hydroxyl groups excluding tert-OH is 1. The Labute approximate surface area is 72.0 Å². The van der Waals surface area contributed by atoms with Gasteiger partial charge in [0.2, 0.25) is 0 Å². The van der Waals surface area contributed by atoms with Crippen molar-refractivity contribution in [2.24, 2.45) is 0 Å². The van der Waals surface area contributed by atoms with Crippen LogP contribution in [0.1, 0.15) is 23.6 Å². The van der Waals surface area contributed by atoms with Gasteiger partial charge in [-0.3, -0.25) is 0 Å².